The number of hydrogen-bond donors (Lipinski definition) is 0. The van der Waals surface area contributed by atoms with Gasteiger partial charge in [-0.15, -0.1) is 5.10 Å². The monoisotopic (exact) mass is 282 g/mol. The molecule has 3 heterocycles. The molecule has 0 saturated heterocycles. The van der Waals surface area contributed by atoms with E-state index in [1.54, 1.807) is 17.0 Å². The highest BCUT2D eigenvalue weighted by Crippen LogP contribution is 2.28. The summed E-state index contributed by atoms with van der Waals surface area (Å²) in [5, 5.41) is 4.61. The van der Waals surface area contributed by atoms with Crippen LogP contribution in [0.3, 0.4) is 0 Å². The molecule has 0 bridgehead atoms. The lowest BCUT2D eigenvalue weighted by atomic mass is 10.0. The summed E-state index contributed by atoms with van der Waals surface area (Å²) in [6.07, 6.45) is 11.0. The molecule has 1 fully saturated rings. The summed E-state index contributed by atoms with van der Waals surface area (Å²) in [4.78, 5) is 8.84. The van der Waals surface area contributed by atoms with Crippen molar-refractivity contribution in [1.29, 1.82) is 0 Å². The van der Waals surface area contributed by atoms with Crippen LogP contribution in [-0.2, 0) is 6.42 Å². The van der Waals surface area contributed by atoms with Crippen molar-refractivity contribution in [2.45, 2.75) is 38.5 Å². The van der Waals surface area contributed by atoms with Gasteiger partial charge in [0.2, 0.25) is 0 Å². The van der Waals surface area contributed by atoms with E-state index in [0.29, 0.717) is 5.78 Å². The minimum Gasteiger partial charge on any atom is -0.463 e. The number of aromatic nitrogens is 4. The number of aryl methyl sites for hydroxylation is 1. The Hall–Kier alpha value is -2.17. The van der Waals surface area contributed by atoms with E-state index < -0.39 is 0 Å². The molecule has 0 amide bonds. The highest BCUT2D eigenvalue weighted by atomic mass is 16.3. The predicted octanol–water partition coefficient (Wildman–Crippen LogP) is 3.51. The lowest BCUT2D eigenvalue weighted by molar-refractivity contribution is 0.497. The summed E-state index contributed by atoms with van der Waals surface area (Å²) in [5.74, 6) is 3.17. The van der Waals surface area contributed by atoms with Crippen molar-refractivity contribution in [3.63, 3.8) is 0 Å². The zero-order chi connectivity index (χ0) is 14.1. The Kier molecular flexibility index (Phi) is 3.18. The Morgan fingerprint density at radius 3 is 2.95 bits per heavy atom. The highest BCUT2D eigenvalue weighted by Gasteiger charge is 2.17. The molecule has 0 aromatic carbocycles. The van der Waals surface area contributed by atoms with Crippen molar-refractivity contribution in [3.8, 4) is 11.5 Å². The third-order valence-electron chi connectivity index (χ3n) is 4.31. The standard InChI is InChI=1S/C16H18N4O/c1-2-5-12(4-1)7-8-15-18-16-17-10-9-13(20(16)19-15)14-6-3-11-21-14/h3,6,9-12H,1-2,4-5,7-8H2. The van der Waals surface area contributed by atoms with E-state index in [2.05, 4.69) is 15.1 Å². The molecule has 5 nitrogen and oxygen atoms in total. The number of rotatable bonds is 4. The SMILES string of the molecule is c1coc(-c2ccnc3nc(CCC4CCCC4)nn23)c1. The first kappa shape index (κ1) is 12.6. The number of hydrogen-bond acceptors (Lipinski definition) is 4. The van der Waals surface area contributed by atoms with Crippen molar-refractivity contribution in [2.24, 2.45) is 5.92 Å². The van der Waals surface area contributed by atoms with Crippen molar-refractivity contribution in [1.82, 2.24) is 19.6 Å². The molecule has 3 aromatic heterocycles. The number of furan rings is 1. The van der Waals surface area contributed by atoms with Crippen molar-refractivity contribution < 1.29 is 4.42 Å². The molecular weight excluding hydrogens is 264 g/mol. The normalized spacial score (nSPS) is 16.0. The third kappa shape index (κ3) is 2.44. The average molecular weight is 282 g/mol. The van der Waals surface area contributed by atoms with E-state index in [0.717, 1.165) is 29.6 Å². The largest absolute Gasteiger partial charge is 0.463 e. The van der Waals surface area contributed by atoms with Gasteiger partial charge in [-0.25, -0.2) is 4.98 Å². The Bertz CT molecular complexity index is 726. The van der Waals surface area contributed by atoms with Gasteiger partial charge in [0.05, 0.1) is 6.26 Å². The first-order chi connectivity index (χ1) is 10.4. The second kappa shape index (κ2) is 5.31. The van der Waals surface area contributed by atoms with Crippen LogP contribution in [0.25, 0.3) is 17.2 Å². The summed E-state index contributed by atoms with van der Waals surface area (Å²) in [7, 11) is 0. The van der Waals surface area contributed by atoms with Gasteiger partial charge in [-0.3, -0.25) is 0 Å². The quantitative estimate of drug-likeness (QED) is 0.734. The number of nitrogens with zero attached hydrogens (tertiary/aromatic N) is 4. The summed E-state index contributed by atoms with van der Waals surface area (Å²) < 4.78 is 7.24. The molecule has 4 rings (SSSR count). The molecular formula is C16H18N4O. The van der Waals surface area contributed by atoms with Gasteiger partial charge in [-0.05, 0) is 30.5 Å². The Morgan fingerprint density at radius 2 is 2.14 bits per heavy atom. The minimum absolute atomic E-state index is 0.644. The molecule has 1 saturated carbocycles. The molecule has 0 radical (unpaired) electrons. The van der Waals surface area contributed by atoms with Crippen LogP contribution in [0.4, 0.5) is 0 Å². The Balaban J connectivity index is 1.61. The van der Waals surface area contributed by atoms with E-state index in [4.69, 9.17) is 4.42 Å². The Morgan fingerprint density at radius 1 is 1.24 bits per heavy atom. The van der Waals surface area contributed by atoms with Gasteiger partial charge in [0.1, 0.15) is 5.69 Å². The van der Waals surface area contributed by atoms with Crippen LogP contribution in [0.2, 0.25) is 0 Å². The van der Waals surface area contributed by atoms with Gasteiger partial charge in [0.15, 0.2) is 11.6 Å². The van der Waals surface area contributed by atoms with Gasteiger partial charge in [0, 0.05) is 12.6 Å². The summed E-state index contributed by atoms with van der Waals surface area (Å²) in [6.45, 7) is 0. The summed E-state index contributed by atoms with van der Waals surface area (Å²) in [6, 6.07) is 5.70. The van der Waals surface area contributed by atoms with Gasteiger partial charge < -0.3 is 4.42 Å². The molecule has 3 aromatic rings. The highest BCUT2D eigenvalue weighted by molar-refractivity contribution is 5.54. The van der Waals surface area contributed by atoms with E-state index in [9.17, 15) is 0 Å². The van der Waals surface area contributed by atoms with E-state index in [-0.39, 0.29) is 0 Å². The van der Waals surface area contributed by atoms with Crippen LogP contribution >= 0.6 is 0 Å². The van der Waals surface area contributed by atoms with Crippen molar-refractivity contribution in [2.75, 3.05) is 0 Å². The van der Waals surface area contributed by atoms with E-state index in [1.807, 2.05) is 18.2 Å². The molecule has 5 heteroatoms. The zero-order valence-electron chi connectivity index (χ0n) is 11.9. The van der Waals surface area contributed by atoms with Crippen molar-refractivity contribution in [3.05, 3.63) is 36.5 Å². The number of fused-ring (bicyclic) bond motifs is 1. The first-order valence-electron chi connectivity index (χ1n) is 7.65. The molecule has 1 aliphatic carbocycles. The molecule has 108 valence electrons. The van der Waals surface area contributed by atoms with Crippen LogP contribution < -0.4 is 0 Å². The van der Waals surface area contributed by atoms with Crippen LogP contribution in [0, 0.1) is 5.92 Å². The predicted molar refractivity (Wildman–Crippen MR) is 78.8 cm³/mol. The van der Waals surface area contributed by atoms with Crippen LogP contribution in [-0.4, -0.2) is 19.6 Å². The van der Waals surface area contributed by atoms with Crippen molar-refractivity contribution >= 4 is 5.78 Å². The molecule has 0 aliphatic heterocycles. The maximum absolute atomic E-state index is 5.46. The summed E-state index contributed by atoms with van der Waals surface area (Å²) >= 11 is 0. The lowest BCUT2D eigenvalue weighted by Crippen LogP contribution is -1.99. The van der Waals surface area contributed by atoms with Gasteiger partial charge >= 0.3 is 0 Å². The third-order valence-corrected chi connectivity index (χ3v) is 4.31. The second-order valence-electron chi connectivity index (χ2n) is 5.74. The van der Waals surface area contributed by atoms with Gasteiger partial charge in [-0.2, -0.15) is 9.50 Å². The lowest BCUT2D eigenvalue weighted by Gasteiger charge is -2.05. The van der Waals surface area contributed by atoms with Crippen LogP contribution in [0.1, 0.15) is 37.9 Å². The molecule has 0 N–H and O–H groups in total. The van der Waals surface area contributed by atoms with Gasteiger partial charge in [-0.1, -0.05) is 25.7 Å². The first-order valence-corrected chi connectivity index (χ1v) is 7.65. The molecule has 0 unspecified atom stereocenters. The minimum atomic E-state index is 0.644. The molecule has 0 atom stereocenters. The van der Waals surface area contributed by atoms with Crippen LogP contribution in [0.5, 0.6) is 0 Å². The molecule has 0 spiro atoms. The molecule has 21 heavy (non-hydrogen) atoms. The fourth-order valence-electron chi connectivity index (χ4n) is 3.18. The van der Waals surface area contributed by atoms with E-state index in [1.165, 1.54) is 32.1 Å². The zero-order valence-corrected chi connectivity index (χ0v) is 11.9. The molecule has 1 aliphatic rings. The fourth-order valence-corrected chi connectivity index (χ4v) is 3.18. The van der Waals surface area contributed by atoms with Gasteiger partial charge in [0.25, 0.3) is 5.78 Å². The second-order valence-corrected chi connectivity index (χ2v) is 5.74. The van der Waals surface area contributed by atoms with Crippen LogP contribution in [0.15, 0.2) is 35.1 Å². The van der Waals surface area contributed by atoms with E-state index >= 15 is 0 Å². The maximum Gasteiger partial charge on any atom is 0.253 e. The smallest absolute Gasteiger partial charge is 0.253 e. The Labute approximate surface area is 123 Å². The summed E-state index contributed by atoms with van der Waals surface area (Å²) in [5.41, 5.74) is 0.893. The maximum atomic E-state index is 5.46. The fraction of sp³-hybridized carbons (Fsp3) is 0.438. The average Bonchev–Trinajstić information content (AvgIpc) is 3.24. The topological polar surface area (TPSA) is 56.2 Å².